The van der Waals surface area contributed by atoms with Gasteiger partial charge in [0, 0.05) is 18.6 Å². The van der Waals surface area contributed by atoms with Crippen LogP contribution in [0.2, 0.25) is 0 Å². The van der Waals surface area contributed by atoms with Crippen LogP contribution in [-0.2, 0) is 6.54 Å². The first-order chi connectivity index (χ1) is 9.18. The molecule has 19 heavy (non-hydrogen) atoms. The summed E-state index contributed by atoms with van der Waals surface area (Å²) in [4.78, 5) is 5.18. The van der Waals surface area contributed by atoms with Gasteiger partial charge < -0.3 is 9.32 Å². The molecule has 0 radical (unpaired) electrons. The van der Waals surface area contributed by atoms with Gasteiger partial charge in [-0.2, -0.15) is 0 Å². The maximum Gasteiger partial charge on any atom is 0.118 e. The molecule has 2 aliphatic rings. The van der Waals surface area contributed by atoms with Crippen LogP contribution in [0.1, 0.15) is 43.6 Å². The highest BCUT2D eigenvalue weighted by molar-refractivity contribution is 5.06. The van der Waals surface area contributed by atoms with Crippen LogP contribution in [0.5, 0.6) is 0 Å². The van der Waals surface area contributed by atoms with E-state index in [0.717, 1.165) is 18.1 Å². The first kappa shape index (κ1) is 13.2. The third-order valence-corrected chi connectivity index (χ3v) is 5.16. The van der Waals surface area contributed by atoms with Crippen molar-refractivity contribution in [3.05, 3.63) is 23.7 Å². The van der Waals surface area contributed by atoms with E-state index in [9.17, 15) is 0 Å². The molecule has 0 saturated carbocycles. The summed E-state index contributed by atoms with van der Waals surface area (Å²) in [5, 5.41) is 0. The van der Waals surface area contributed by atoms with Crippen molar-refractivity contribution in [2.75, 3.05) is 26.7 Å². The molecule has 1 aromatic rings. The zero-order valence-electron chi connectivity index (χ0n) is 12.3. The lowest BCUT2D eigenvalue weighted by molar-refractivity contribution is 0.00666. The molecule has 0 aromatic carbocycles. The number of hydrogen-bond donors (Lipinski definition) is 0. The van der Waals surface area contributed by atoms with Crippen LogP contribution in [0.4, 0.5) is 0 Å². The second-order valence-corrected chi connectivity index (χ2v) is 6.39. The van der Waals surface area contributed by atoms with Crippen molar-refractivity contribution < 1.29 is 4.42 Å². The van der Waals surface area contributed by atoms with Gasteiger partial charge in [-0.3, -0.25) is 4.90 Å². The van der Waals surface area contributed by atoms with Gasteiger partial charge in [0.25, 0.3) is 0 Å². The number of aryl methyl sites for hydroxylation is 1. The molecule has 106 valence electrons. The van der Waals surface area contributed by atoms with Crippen molar-refractivity contribution in [3.63, 3.8) is 0 Å². The van der Waals surface area contributed by atoms with Crippen LogP contribution in [0.25, 0.3) is 0 Å². The molecule has 3 nitrogen and oxygen atoms in total. The van der Waals surface area contributed by atoms with Crippen LogP contribution >= 0.6 is 0 Å². The lowest BCUT2D eigenvalue weighted by Gasteiger charge is -2.50. The summed E-state index contributed by atoms with van der Waals surface area (Å²) in [6.45, 7) is 6.71. The third kappa shape index (κ3) is 2.72. The summed E-state index contributed by atoms with van der Waals surface area (Å²) in [7, 11) is 2.32. The topological polar surface area (TPSA) is 19.6 Å². The van der Waals surface area contributed by atoms with Gasteiger partial charge in [0.05, 0.1) is 6.54 Å². The molecular weight excluding hydrogens is 236 g/mol. The normalized spacial score (nSPS) is 24.9. The molecule has 0 unspecified atom stereocenters. The fourth-order valence-corrected chi connectivity index (χ4v) is 3.78. The standard InChI is InChI=1S/C16H26N2O/c1-14-5-6-15(19-14)13-18-11-8-16(9-12-18)7-3-4-10-17(16)2/h5-6H,3-4,7-13H2,1-2H3. The molecule has 1 aromatic heterocycles. The maximum absolute atomic E-state index is 5.69. The summed E-state index contributed by atoms with van der Waals surface area (Å²) in [6.07, 6.45) is 6.85. The predicted octanol–water partition coefficient (Wildman–Crippen LogP) is 3.04. The molecule has 0 aliphatic carbocycles. The molecule has 2 saturated heterocycles. The van der Waals surface area contributed by atoms with E-state index >= 15 is 0 Å². The van der Waals surface area contributed by atoms with E-state index in [2.05, 4.69) is 29.0 Å². The van der Waals surface area contributed by atoms with Crippen molar-refractivity contribution in [3.8, 4) is 0 Å². The van der Waals surface area contributed by atoms with Gasteiger partial charge in [-0.15, -0.1) is 0 Å². The maximum atomic E-state index is 5.69. The number of hydrogen-bond acceptors (Lipinski definition) is 3. The Bertz CT molecular complexity index is 418. The van der Waals surface area contributed by atoms with E-state index in [1.54, 1.807) is 0 Å². The van der Waals surface area contributed by atoms with E-state index in [-0.39, 0.29) is 0 Å². The van der Waals surface area contributed by atoms with Gasteiger partial charge in [-0.05, 0) is 58.3 Å². The predicted molar refractivity (Wildman–Crippen MR) is 77.2 cm³/mol. The van der Waals surface area contributed by atoms with Crippen LogP contribution in [0, 0.1) is 6.92 Å². The van der Waals surface area contributed by atoms with E-state index in [1.807, 2.05) is 6.92 Å². The number of rotatable bonds is 2. The average molecular weight is 262 g/mol. The summed E-state index contributed by atoms with van der Waals surface area (Å²) < 4.78 is 5.69. The van der Waals surface area contributed by atoms with Gasteiger partial charge in [0.1, 0.15) is 11.5 Å². The highest BCUT2D eigenvalue weighted by Gasteiger charge is 2.39. The zero-order valence-corrected chi connectivity index (χ0v) is 12.3. The molecule has 0 N–H and O–H groups in total. The summed E-state index contributed by atoms with van der Waals surface area (Å²) in [5.41, 5.74) is 0.508. The largest absolute Gasteiger partial charge is 0.465 e. The first-order valence-corrected chi connectivity index (χ1v) is 7.67. The van der Waals surface area contributed by atoms with Crippen LogP contribution in [0.15, 0.2) is 16.5 Å². The fraction of sp³-hybridized carbons (Fsp3) is 0.750. The monoisotopic (exact) mass is 262 g/mol. The van der Waals surface area contributed by atoms with Crippen LogP contribution in [-0.4, -0.2) is 42.0 Å². The minimum Gasteiger partial charge on any atom is -0.465 e. The van der Waals surface area contributed by atoms with Crippen molar-refractivity contribution in [1.82, 2.24) is 9.80 Å². The minimum atomic E-state index is 0.508. The minimum absolute atomic E-state index is 0.508. The lowest BCUT2D eigenvalue weighted by atomic mass is 9.79. The Kier molecular flexibility index (Phi) is 3.68. The smallest absolute Gasteiger partial charge is 0.118 e. The number of piperidine rings is 2. The second kappa shape index (κ2) is 5.29. The molecule has 0 atom stereocenters. The van der Waals surface area contributed by atoms with Gasteiger partial charge in [0.2, 0.25) is 0 Å². The molecule has 1 spiro atoms. The summed E-state index contributed by atoms with van der Waals surface area (Å²) >= 11 is 0. The van der Waals surface area contributed by atoms with Crippen molar-refractivity contribution in [1.29, 1.82) is 0 Å². The second-order valence-electron chi connectivity index (χ2n) is 6.39. The van der Waals surface area contributed by atoms with Crippen LogP contribution in [0.3, 0.4) is 0 Å². The highest BCUT2D eigenvalue weighted by Crippen LogP contribution is 2.36. The lowest BCUT2D eigenvalue weighted by Crippen LogP contribution is -2.55. The Hall–Kier alpha value is -0.800. The number of nitrogens with zero attached hydrogens (tertiary/aromatic N) is 2. The van der Waals surface area contributed by atoms with Crippen LogP contribution < -0.4 is 0 Å². The van der Waals surface area contributed by atoms with E-state index in [1.165, 1.54) is 51.7 Å². The van der Waals surface area contributed by atoms with Gasteiger partial charge in [-0.25, -0.2) is 0 Å². The molecular formula is C16H26N2O. The molecule has 3 heterocycles. The molecule has 3 heteroatoms. The summed E-state index contributed by atoms with van der Waals surface area (Å²) in [5.74, 6) is 2.14. The Labute approximate surface area is 116 Å². The van der Waals surface area contributed by atoms with E-state index in [0.29, 0.717) is 5.54 Å². The number of likely N-dealkylation sites (tertiary alicyclic amines) is 2. The van der Waals surface area contributed by atoms with E-state index in [4.69, 9.17) is 4.42 Å². The zero-order chi connectivity index (χ0) is 13.3. The Morgan fingerprint density at radius 1 is 1.11 bits per heavy atom. The van der Waals surface area contributed by atoms with E-state index < -0.39 is 0 Å². The SMILES string of the molecule is Cc1ccc(CN2CCC3(CCCCN3C)CC2)o1. The van der Waals surface area contributed by atoms with Gasteiger partial charge in [0.15, 0.2) is 0 Å². The molecule has 0 amide bonds. The fourth-order valence-electron chi connectivity index (χ4n) is 3.78. The quantitative estimate of drug-likeness (QED) is 0.817. The summed E-state index contributed by atoms with van der Waals surface area (Å²) in [6, 6.07) is 4.18. The molecule has 2 fully saturated rings. The van der Waals surface area contributed by atoms with Gasteiger partial charge >= 0.3 is 0 Å². The molecule has 3 rings (SSSR count). The number of furan rings is 1. The Morgan fingerprint density at radius 2 is 1.89 bits per heavy atom. The third-order valence-electron chi connectivity index (χ3n) is 5.16. The van der Waals surface area contributed by atoms with Gasteiger partial charge in [-0.1, -0.05) is 6.42 Å². The highest BCUT2D eigenvalue weighted by atomic mass is 16.3. The Balaban J connectivity index is 1.57. The molecule has 0 bridgehead atoms. The molecule has 2 aliphatic heterocycles. The van der Waals surface area contributed by atoms with Crippen molar-refractivity contribution in [2.45, 2.75) is 51.1 Å². The van der Waals surface area contributed by atoms with Crippen molar-refractivity contribution >= 4 is 0 Å². The average Bonchev–Trinajstić information content (AvgIpc) is 2.81. The Morgan fingerprint density at radius 3 is 2.53 bits per heavy atom. The first-order valence-electron chi connectivity index (χ1n) is 7.67. The van der Waals surface area contributed by atoms with Crippen molar-refractivity contribution in [2.24, 2.45) is 0 Å².